The molecule has 0 aliphatic carbocycles. The van der Waals surface area contributed by atoms with Crippen molar-refractivity contribution < 1.29 is 9.53 Å². The topological polar surface area (TPSA) is 98.7 Å². The van der Waals surface area contributed by atoms with Gasteiger partial charge in [0.25, 0.3) is 0 Å². The van der Waals surface area contributed by atoms with Gasteiger partial charge >= 0.3 is 6.09 Å². The zero-order chi connectivity index (χ0) is 20.7. The van der Waals surface area contributed by atoms with Gasteiger partial charge in [0.2, 0.25) is 0 Å². The standard InChI is InChI=1S/C19H35N7O2/c1-14(12-25(6)18(27)28-19(2,3)4)11-21-17(20-5)26-9-7-15(8-10-26)16-22-13-23-24-16/h13-15H,7-12H2,1-6H3,(H,20,21)(H,22,23,24). The molecule has 9 nitrogen and oxygen atoms in total. The predicted molar refractivity (Wildman–Crippen MR) is 109 cm³/mol. The molecule has 0 aromatic carbocycles. The van der Waals surface area contributed by atoms with Crippen LogP contribution in [0.4, 0.5) is 4.79 Å². The summed E-state index contributed by atoms with van der Waals surface area (Å²) in [6.45, 7) is 10.9. The third-order valence-electron chi connectivity index (χ3n) is 4.73. The molecular formula is C19H35N7O2. The Morgan fingerprint density at radius 3 is 2.68 bits per heavy atom. The highest BCUT2D eigenvalue weighted by Gasteiger charge is 2.25. The second-order valence-electron chi connectivity index (χ2n) is 8.53. The van der Waals surface area contributed by atoms with E-state index in [4.69, 9.17) is 4.74 Å². The van der Waals surface area contributed by atoms with Crippen molar-refractivity contribution in [3.63, 3.8) is 0 Å². The van der Waals surface area contributed by atoms with Crippen molar-refractivity contribution in [3.8, 4) is 0 Å². The molecule has 28 heavy (non-hydrogen) atoms. The summed E-state index contributed by atoms with van der Waals surface area (Å²) in [5.74, 6) is 2.57. The van der Waals surface area contributed by atoms with E-state index >= 15 is 0 Å². The fourth-order valence-corrected chi connectivity index (χ4v) is 3.32. The molecule has 2 rings (SSSR count). The van der Waals surface area contributed by atoms with Crippen molar-refractivity contribution in [2.24, 2.45) is 10.9 Å². The van der Waals surface area contributed by atoms with Crippen LogP contribution < -0.4 is 5.32 Å². The van der Waals surface area contributed by atoms with Gasteiger partial charge in [-0.05, 0) is 39.5 Å². The summed E-state index contributed by atoms with van der Waals surface area (Å²) in [6.07, 6.45) is 3.32. The number of rotatable bonds is 5. The minimum Gasteiger partial charge on any atom is -0.444 e. The summed E-state index contributed by atoms with van der Waals surface area (Å²) in [4.78, 5) is 24.7. The second kappa shape index (κ2) is 9.75. The molecule has 0 spiro atoms. The summed E-state index contributed by atoms with van der Waals surface area (Å²) in [7, 11) is 3.58. The van der Waals surface area contributed by atoms with Gasteiger partial charge in [-0.25, -0.2) is 9.78 Å². The Morgan fingerprint density at radius 1 is 1.46 bits per heavy atom. The highest BCUT2D eigenvalue weighted by molar-refractivity contribution is 5.80. The first kappa shape index (κ1) is 22.0. The average Bonchev–Trinajstić information content (AvgIpc) is 3.16. The van der Waals surface area contributed by atoms with E-state index in [2.05, 4.69) is 37.3 Å². The lowest BCUT2D eigenvalue weighted by atomic mass is 9.96. The van der Waals surface area contributed by atoms with Gasteiger partial charge in [-0.3, -0.25) is 10.1 Å². The van der Waals surface area contributed by atoms with Gasteiger partial charge in [0.05, 0.1) is 0 Å². The maximum atomic E-state index is 12.1. The Hall–Kier alpha value is -2.32. The van der Waals surface area contributed by atoms with Gasteiger partial charge in [-0.2, -0.15) is 5.10 Å². The molecule has 9 heteroatoms. The second-order valence-corrected chi connectivity index (χ2v) is 8.53. The first-order valence-electron chi connectivity index (χ1n) is 9.94. The number of H-pyrrole nitrogens is 1. The summed E-state index contributed by atoms with van der Waals surface area (Å²) < 4.78 is 5.41. The number of aromatic nitrogens is 3. The normalized spacial score (nSPS) is 17.4. The Balaban J connectivity index is 1.75. The van der Waals surface area contributed by atoms with Crippen LogP contribution in [0.2, 0.25) is 0 Å². The molecule has 1 fully saturated rings. The number of nitrogens with zero attached hydrogens (tertiary/aromatic N) is 5. The molecule has 1 aromatic heterocycles. The molecule has 1 aliphatic heterocycles. The van der Waals surface area contributed by atoms with Crippen molar-refractivity contribution in [1.82, 2.24) is 30.3 Å². The van der Waals surface area contributed by atoms with Crippen molar-refractivity contribution in [1.29, 1.82) is 0 Å². The molecule has 1 unspecified atom stereocenters. The van der Waals surface area contributed by atoms with Gasteiger partial charge in [0.1, 0.15) is 17.8 Å². The number of carbonyl (C=O) groups excluding carboxylic acids is 1. The van der Waals surface area contributed by atoms with Gasteiger partial charge in [-0.15, -0.1) is 0 Å². The smallest absolute Gasteiger partial charge is 0.410 e. The lowest BCUT2D eigenvalue weighted by Gasteiger charge is -2.34. The third-order valence-corrected chi connectivity index (χ3v) is 4.73. The number of likely N-dealkylation sites (tertiary alicyclic amines) is 1. The lowest BCUT2D eigenvalue weighted by molar-refractivity contribution is 0.0277. The minimum atomic E-state index is -0.479. The van der Waals surface area contributed by atoms with Crippen LogP contribution in [0.1, 0.15) is 52.3 Å². The Bertz CT molecular complexity index is 631. The molecule has 2 heterocycles. The molecule has 0 radical (unpaired) electrons. The van der Waals surface area contributed by atoms with Crippen LogP contribution in [-0.4, -0.2) is 82.9 Å². The van der Waals surface area contributed by atoms with Crippen LogP contribution >= 0.6 is 0 Å². The molecule has 1 aromatic rings. The number of aliphatic imine (C=N–C) groups is 1. The van der Waals surface area contributed by atoms with Gasteiger partial charge in [0, 0.05) is 46.2 Å². The molecule has 1 atom stereocenters. The molecule has 1 amide bonds. The van der Waals surface area contributed by atoms with Gasteiger partial charge < -0.3 is 19.9 Å². The van der Waals surface area contributed by atoms with E-state index in [1.165, 1.54) is 0 Å². The van der Waals surface area contributed by atoms with E-state index in [1.54, 1.807) is 18.3 Å². The number of aromatic amines is 1. The van der Waals surface area contributed by atoms with Crippen molar-refractivity contribution in [2.45, 2.75) is 52.1 Å². The van der Waals surface area contributed by atoms with Gasteiger partial charge in [0.15, 0.2) is 5.96 Å². The number of hydrogen-bond donors (Lipinski definition) is 2. The Morgan fingerprint density at radius 2 is 2.14 bits per heavy atom. The van der Waals surface area contributed by atoms with Crippen molar-refractivity contribution in [3.05, 3.63) is 12.2 Å². The lowest BCUT2D eigenvalue weighted by Crippen LogP contribution is -2.47. The molecule has 2 N–H and O–H groups in total. The maximum absolute atomic E-state index is 12.1. The summed E-state index contributed by atoms with van der Waals surface area (Å²) >= 11 is 0. The molecule has 1 aliphatic rings. The molecule has 1 saturated heterocycles. The zero-order valence-electron chi connectivity index (χ0n) is 18.0. The minimum absolute atomic E-state index is 0.265. The van der Waals surface area contributed by atoms with Crippen molar-refractivity contribution >= 4 is 12.1 Å². The first-order chi connectivity index (χ1) is 13.2. The van der Waals surface area contributed by atoms with Crippen LogP contribution in [0.3, 0.4) is 0 Å². The van der Waals surface area contributed by atoms with Crippen LogP contribution in [-0.2, 0) is 4.74 Å². The Kier molecular flexibility index (Phi) is 7.65. The zero-order valence-corrected chi connectivity index (χ0v) is 18.0. The number of carbonyl (C=O) groups is 1. The highest BCUT2D eigenvalue weighted by atomic mass is 16.6. The van der Waals surface area contributed by atoms with E-state index < -0.39 is 5.60 Å². The van der Waals surface area contributed by atoms with Crippen LogP contribution in [0.25, 0.3) is 0 Å². The highest BCUT2D eigenvalue weighted by Crippen LogP contribution is 2.24. The van der Waals surface area contributed by atoms with E-state index in [0.29, 0.717) is 12.5 Å². The summed E-state index contributed by atoms with van der Waals surface area (Å²) in [6, 6.07) is 0. The largest absolute Gasteiger partial charge is 0.444 e. The maximum Gasteiger partial charge on any atom is 0.410 e. The number of guanidine groups is 1. The van der Waals surface area contributed by atoms with E-state index in [9.17, 15) is 4.79 Å². The molecule has 158 valence electrons. The number of nitrogens with one attached hydrogen (secondary N) is 2. The number of hydrogen-bond acceptors (Lipinski definition) is 5. The number of amides is 1. The molecule has 0 bridgehead atoms. The van der Waals surface area contributed by atoms with E-state index in [0.717, 1.165) is 44.3 Å². The van der Waals surface area contributed by atoms with Crippen LogP contribution in [0.5, 0.6) is 0 Å². The quantitative estimate of drug-likeness (QED) is 0.587. The molecule has 0 saturated carbocycles. The monoisotopic (exact) mass is 393 g/mol. The van der Waals surface area contributed by atoms with Crippen LogP contribution in [0.15, 0.2) is 11.3 Å². The number of piperidine rings is 1. The van der Waals surface area contributed by atoms with E-state index in [-0.39, 0.29) is 12.0 Å². The number of ether oxygens (including phenoxy) is 1. The summed E-state index contributed by atoms with van der Waals surface area (Å²) in [5, 5.41) is 10.4. The average molecular weight is 394 g/mol. The molecular weight excluding hydrogens is 358 g/mol. The van der Waals surface area contributed by atoms with E-state index in [1.807, 2.05) is 27.8 Å². The fourth-order valence-electron chi connectivity index (χ4n) is 3.32. The fraction of sp³-hybridized carbons (Fsp3) is 0.789. The van der Waals surface area contributed by atoms with Gasteiger partial charge in [-0.1, -0.05) is 6.92 Å². The SMILES string of the molecule is CN=C(NCC(C)CN(C)C(=O)OC(C)(C)C)N1CCC(c2ncn[nH]2)CC1. The summed E-state index contributed by atoms with van der Waals surface area (Å²) in [5.41, 5.74) is -0.479. The predicted octanol–water partition coefficient (Wildman–Crippen LogP) is 2.06. The first-order valence-corrected chi connectivity index (χ1v) is 9.94. The third kappa shape index (κ3) is 6.69. The Labute approximate surface area is 167 Å². The van der Waals surface area contributed by atoms with Crippen LogP contribution in [0, 0.1) is 5.92 Å². The van der Waals surface area contributed by atoms with Crippen molar-refractivity contribution in [2.75, 3.05) is 40.3 Å².